The summed E-state index contributed by atoms with van der Waals surface area (Å²) < 4.78 is 302. The van der Waals surface area contributed by atoms with Crippen LogP contribution in [0.4, 0.5) is 156 Å². The number of hydrogen-bond acceptors (Lipinski definition) is 4. The molecule has 0 radical (unpaired) electrons. The van der Waals surface area contributed by atoms with Gasteiger partial charge in [-0.3, -0.25) is 0 Å². The second-order valence-corrected chi connectivity index (χ2v) is 61.4. The van der Waals surface area contributed by atoms with Gasteiger partial charge in [-0.2, -0.15) is 52.7 Å². The topological polar surface area (TPSA) is 13.0 Å². The lowest BCUT2D eigenvalue weighted by atomic mass is 9.91. The minimum Gasteiger partial charge on any atom is -0.307 e. The van der Waals surface area contributed by atoms with Crippen LogP contribution in [0, 0.1) is 46.5 Å². The van der Waals surface area contributed by atoms with Crippen molar-refractivity contribution in [2.45, 2.75) is 103 Å². The highest BCUT2D eigenvalue weighted by atomic mass is 28.3. The van der Waals surface area contributed by atoms with Gasteiger partial charge >= 0.3 is 24.7 Å². The van der Waals surface area contributed by atoms with Gasteiger partial charge in [-0.1, -0.05) is 281 Å². The van der Waals surface area contributed by atoms with Crippen molar-refractivity contribution in [3.05, 3.63) is 409 Å². The first kappa shape index (κ1) is 102. The predicted molar refractivity (Wildman–Crippen MR) is 572 cm³/mol. The van der Waals surface area contributed by atoms with Gasteiger partial charge < -0.3 is 19.6 Å². The molecule has 748 valence electrons. The molecular weight excluding hydrogens is 1990 g/mol. The van der Waals surface area contributed by atoms with Crippen LogP contribution in [0.3, 0.4) is 0 Å². The maximum Gasteiger partial charge on any atom is 0.417 e. The first-order valence-corrected chi connectivity index (χ1v) is 61.5. The summed E-state index contributed by atoms with van der Waals surface area (Å²) in [4.78, 5) is 6.26. The lowest BCUT2D eigenvalue weighted by molar-refractivity contribution is -0.138. The maximum atomic E-state index is 17.0. The van der Waals surface area contributed by atoms with Crippen LogP contribution >= 0.6 is 0 Å². The molecular formula is C120H92F20N4Si4. The molecule has 0 atom stereocenters. The minimum absolute atomic E-state index is 0.150. The van der Waals surface area contributed by atoms with E-state index in [1.54, 1.807) is 68.1 Å². The van der Waals surface area contributed by atoms with Gasteiger partial charge in [0.1, 0.15) is 46.5 Å². The lowest BCUT2D eigenvalue weighted by Crippen LogP contribution is -2.37. The molecule has 0 saturated heterocycles. The number of alkyl halides is 12. The molecule has 0 bridgehead atoms. The van der Waals surface area contributed by atoms with Gasteiger partial charge in [0.25, 0.3) is 0 Å². The number of rotatable bonds is 20. The zero-order chi connectivity index (χ0) is 106. The van der Waals surface area contributed by atoms with E-state index in [0.717, 1.165) is 151 Å². The van der Waals surface area contributed by atoms with E-state index in [4.69, 9.17) is 0 Å². The molecule has 0 amide bonds. The van der Waals surface area contributed by atoms with Gasteiger partial charge in [0.2, 0.25) is 0 Å². The number of hydrogen-bond donors (Lipinski definition) is 0. The van der Waals surface area contributed by atoms with Gasteiger partial charge in [-0.15, -0.1) is 0 Å². The van der Waals surface area contributed by atoms with Crippen LogP contribution in [0.25, 0.3) is 109 Å². The SMILES string of the molecule is C[Si](C)(C)c1ccc(N(c2cc(F)c(-c3cccc(C(F)(F)F)c3)cc2F)c2ccc3ccc4c(N(c5ccc([Si](C)(C)C)cc5)c5cc(F)c(-c6cccc(C(F)(F)F)c6)cc5F)ccc5ccc2c3c54)cc1.C[Si](C)(C)c1ccc(N(c2cc(F)c(-c3ccccc3C(F)(F)F)cc2F)c2ccc3ccc4c(N(c5ccc([Si](C)(C)C)cc5)c5cc(F)c(-c6ccccc6C(F)(F)F)cc5F)ccc5ccc2c3c54)cc1. The Hall–Kier alpha value is -14.9. The van der Waals surface area contributed by atoms with Crippen molar-refractivity contribution in [1.29, 1.82) is 0 Å². The fraction of sp³-hybridized carbons (Fsp3) is 0.133. The molecule has 0 aromatic heterocycles. The summed E-state index contributed by atoms with van der Waals surface area (Å²) in [6, 6.07) is 83.8. The van der Waals surface area contributed by atoms with E-state index in [-0.39, 0.29) is 45.0 Å². The molecule has 0 N–H and O–H groups in total. The molecule has 148 heavy (non-hydrogen) atoms. The van der Waals surface area contributed by atoms with Crippen LogP contribution in [0.15, 0.2) is 340 Å². The van der Waals surface area contributed by atoms with Crippen molar-refractivity contribution in [2.75, 3.05) is 19.6 Å². The van der Waals surface area contributed by atoms with Gasteiger partial charge in [0.05, 0.1) is 100 Å². The highest BCUT2D eigenvalue weighted by Crippen LogP contribution is 2.55. The van der Waals surface area contributed by atoms with E-state index >= 15 is 35.1 Å². The molecule has 0 aliphatic heterocycles. The standard InChI is InChI=1S/2C60H46F10N2Si2/c1-73(2,3)43-21-17-41(18-22-43)71(55-33-49(61)47(31-51(55)63)37-9-7-11-39(29-37)59(65,66)67)53-27-15-35-14-26-46-54(28-16-36-13-25-45(53)57(35)58(36)46)72(42-19-23-44(24-20-42)74(4,5)6)56-34-50(62)48(32-52(56)64)38-10-8-12-40(30-38)60(68,69)70;1-73(2,3)39-23-19-37(20-24-39)71(55-33-49(61)45(31-51(55)63)41-11-7-9-13-47(41)59(65,66)67)53-29-17-35-16-28-44-54(30-18-36-15-27-43(53)57(35)58(36)44)72(38-21-25-40(26-22-38)74(4,5)6)56-34-50(62)46(32-52(56)64)42-12-8-10-14-48(42)60(68,69)70/h2*7-34H,1-6H3. The largest absolute Gasteiger partial charge is 0.417 e. The zero-order valence-electron chi connectivity index (χ0n) is 81.7. The van der Waals surface area contributed by atoms with Crippen molar-refractivity contribution in [3.63, 3.8) is 0 Å². The molecule has 0 aliphatic rings. The molecule has 0 fully saturated rings. The monoisotopic (exact) mass is 2080 g/mol. The number of halogens is 20. The Morgan fingerprint density at radius 1 is 0.182 bits per heavy atom. The van der Waals surface area contributed by atoms with Gasteiger partial charge in [0, 0.05) is 90.8 Å². The summed E-state index contributed by atoms with van der Waals surface area (Å²) in [5.74, 6) is -7.83. The van der Waals surface area contributed by atoms with Gasteiger partial charge in [-0.05, 0) is 199 Å². The maximum absolute atomic E-state index is 17.0. The second-order valence-electron chi connectivity index (χ2n) is 41.1. The Morgan fingerprint density at radius 3 is 0.635 bits per heavy atom. The Kier molecular flexibility index (Phi) is 26.0. The third kappa shape index (κ3) is 19.3. The highest BCUT2D eigenvalue weighted by Gasteiger charge is 2.40. The lowest BCUT2D eigenvalue weighted by Gasteiger charge is -2.30. The van der Waals surface area contributed by atoms with Crippen molar-refractivity contribution in [2.24, 2.45) is 0 Å². The number of nitrogens with zero attached hydrogens (tertiary/aromatic N) is 4. The van der Waals surface area contributed by atoms with Crippen LogP contribution in [0.5, 0.6) is 0 Å². The van der Waals surface area contributed by atoms with E-state index < -0.39 is 148 Å². The quantitative estimate of drug-likeness (QED) is 0.0428. The molecule has 0 spiro atoms. The van der Waals surface area contributed by atoms with Crippen LogP contribution in [0.2, 0.25) is 78.6 Å². The third-order valence-electron chi connectivity index (χ3n) is 27.3. The van der Waals surface area contributed by atoms with Crippen molar-refractivity contribution >= 4 is 186 Å². The van der Waals surface area contributed by atoms with Crippen molar-refractivity contribution in [1.82, 2.24) is 0 Å². The summed E-state index contributed by atoms with van der Waals surface area (Å²) in [6.45, 7) is 26.1. The first-order chi connectivity index (χ1) is 69.8. The predicted octanol–water partition coefficient (Wildman–Crippen LogP) is 37.1. The Balaban J connectivity index is 0.000000186. The summed E-state index contributed by atoms with van der Waals surface area (Å²) in [5.41, 5.74) is -4.80. The molecule has 0 aliphatic carbocycles. The summed E-state index contributed by atoms with van der Waals surface area (Å²) >= 11 is 0. The number of benzene rings is 20. The molecule has 28 heteroatoms. The Labute approximate surface area is 844 Å². The number of anilines is 12. The van der Waals surface area contributed by atoms with E-state index in [1.807, 2.05) is 146 Å². The smallest absolute Gasteiger partial charge is 0.307 e. The average Bonchev–Trinajstić information content (AvgIpc) is 0.718. The van der Waals surface area contributed by atoms with Gasteiger partial charge in [-0.25, -0.2) is 35.1 Å². The molecule has 20 aromatic carbocycles. The molecule has 0 heterocycles. The van der Waals surface area contributed by atoms with Crippen molar-refractivity contribution < 1.29 is 87.8 Å². The summed E-state index contributed by atoms with van der Waals surface area (Å²) in [6.07, 6.45) is -19.1. The second kappa shape index (κ2) is 37.8. The fourth-order valence-electron chi connectivity index (χ4n) is 19.7. The first-order valence-electron chi connectivity index (χ1n) is 47.5. The Bertz CT molecular complexity index is 8060. The van der Waals surface area contributed by atoms with E-state index in [1.165, 1.54) is 36.4 Å². The van der Waals surface area contributed by atoms with Crippen LogP contribution in [0.1, 0.15) is 22.3 Å². The molecule has 0 unspecified atom stereocenters. The minimum atomic E-state index is -4.85. The molecule has 20 rings (SSSR count). The fourth-order valence-corrected chi connectivity index (χ4v) is 24.4. The normalized spacial score (nSPS) is 12.6. The summed E-state index contributed by atoms with van der Waals surface area (Å²) in [5, 5.41) is 12.6. The van der Waals surface area contributed by atoms with Crippen LogP contribution in [-0.2, 0) is 24.7 Å². The molecule has 0 saturated carbocycles. The van der Waals surface area contributed by atoms with E-state index in [2.05, 4.69) is 78.6 Å². The van der Waals surface area contributed by atoms with Gasteiger partial charge in [0.15, 0.2) is 0 Å². The molecule has 4 nitrogen and oxygen atoms in total. The highest BCUT2D eigenvalue weighted by molar-refractivity contribution is 6.90. The average molecular weight is 2080 g/mol. The van der Waals surface area contributed by atoms with Crippen LogP contribution < -0.4 is 40.3 Å². The summed E-state index contributed by atoms with van der Waals surface area (Å²) in [7, 11) is -7.42. The van der Waals surface area contributed by atoms with Crippen LogP contribution in [-0.4, -0.2) is 32.3 Å². The molecule has 20 aromatic rings. The van der Waals surface area contributed by atoms with Crippen molar-refractivity contribution in [3.8, 4) is 44.5 Å². The third-order valence-corrected chi connectivity index (χ3v) is 35.6. The Morgan fingerprint density at radius 2 is 0.405 bits per heavy atom. The van der Waals surface area contributed by atoms with E-state index in [0.29, 0.717) is 88.6 Å². The zero-order valence-corrected chi connectivity index (χ0v) is 85.7. The van der Waals surface area contributed by atoms with E-state index in [9.17, 15) is 52.7 Å².